The SMILES string of the molecule is C=C1C[C@]23CCC1CC2C12CCCC(C)(CN(C(C)=O)C1)[C@H]2C[C@@H]3O. The molecule has 6 fully saturated rings. The third kappa shape index (κ3) is 1.89. The highest BCUT2D eigenvalue weighted by atomic mass is 16.3. The van der Waals surface area contributed by atoms with Crippen molar-refractivity contribution >= 4 is 5.91 Å². The van der Waals surface area contributed by atoms with E-state index in [1.165, 1.54) is 44.1 Å². The molecule has 1 saturated heterocycles. The van der Waals surface area contributed by atoms with E-state index in [1.54, 1.807) is 6.92 Å². The number of allylic oxidation sites excluding steroid dienone is 1. The van der Waals surface area contributed by atoms with Gasteiger partial charge in [-0.2, -0.15) is 0 Å². The minimum atomic E-state index is -0.171. The maximum absolute atomic E-state index is 12.3. The zero-order valence-corrected chi connectivity index (χ0v) is 15.9. The summed E-state index contributed by atoms with van der Waals surface area (Å²) in [5.74, 6) is 2.08. The Bertz CT molecular complexity index is 644. The third-order valence-electron chi connectivity index (χ3n) is 9.53. The highest BCUT2D eigenvalue weighted by Gasteiger charge is 2.70. The topological polar surface area (TPSA) is 40.5 Å². The van der Waals surface area contributed by atoms with Crippen LogP contribution in [-0.4, -0.2) is 35.1 Å². The van der Waals surface area contributed by atoms with E-state index in [0.29, 0.717) is 17.8 Å². The fraction of sp³-hybridized carbons (Fsp3) is 0.864. The molecule has 0 aromatic rings. The predicted molar refractivity (Wildman–Crippen MR) is 97.8 cm³/mol. The van der Waals surface area contributed by atoms with Crippen LogP contribution in [0.3, 0.4) is 0 Å². The Hall–Kier alpha value is -0.830. The first-order chi connectivity index (χ1) is 11.8. The van der Waals surface area contributed by atoms with Gasteiger partial charge in [-0.25, -0.2) is 0 Å². The first kappa shape index (κ1) is 16.4. The smallest absolute Gasteiger partial charge is 0.219 e. The van der Waals surface area contributed by atoms with Gasteiger partial charge >= 0.3 is 0 Å². The second-order valence-electron chi connectivity index (χ2n) is 10.5. The number of carbonyl (C=O) groups is 1. The average Bonchev–Trinajstić information content (AvgIpc) is 2.55. The van der Waals surface area contributed by atoms with Gasteiger partial charge in [0.15, 0.2) is 0 Å². The van der Waals surface area contributed by atoms with Crippen LogP contribution in [0, 0.1) is 34.0 Å². The third-order valence-corrected chi connectivity index (χ3v) is 9.53. The van der Waals surface area contributed by atoms with E-state index in [4.69, 9.17) is 0 Å². The summed E-state index contributed by atoms with van der Waals surface area (Å²) in [5, 5.41) is 11.4. The molecule has 1 amide bonds. The number of likely N-dealkylation sites (tertiary alicyclic amines) is 1. The van der Waals surface area contributed by atoms with Crippen molar-refractivity contribution in [3.8, 4) is 0 Å². The lowest BCUT2D eigenvalue weighted by molar-refractivity contribution is -0.251. The van der Waals surface area contributed by atoms with E-state index in [2.05, 4.69) is 18.4 Å². The van der Waals surface area contributed by atoms with Gasteiger partial charge < -0.3 is 10.0 Å². The summed E-state index contributed by atoms with van der Waals surface area (Å²) >= 11 is 0. The summed E-state index contributed by atoms with van der Waals surface area (Å²) < 4.78 is 0. The molecule has 138 valence electrons. The highest BCUT2D eigenvalue weighted by molar-refractivity contribution is 5.73. The van der Waals surface area contributed by atoms with Crippen molar-refractivity contribution in [1.29, 1.82) is 0 Å². The van der Waals surface area contributed by atoms with Gasteiger partial charge in [0.25, 0.3) is 0 Å². The van der Waals surface area contributed by atoms with Gasteiger partial charge in [0, 0.05) is 25.4 Å². The maximum atomic E-state index is 12.3. The Kier molecular flexibility index (Phi) is 3.21. The number of piperidine rings is 1. The van der Waals surface area contributed by atoms with Gasteiger partial charge in [-0.15, -0.1) is 0 Å². The first-order valence-corrected chi connectivity index (χ1v) is 10.4. The Morgan fingerprint density at radius 2 is 1.96 bits per heavy atom. The molecule has 6 rings (SSSR count). The Morgan fingerprint density at radius 1 is 1.16 bits per heavy atom. The lowest BCUT2D eigenvalue weighted by Gasteiger charge is -2.73. The van der Waals surface area contributed by atoms with Crippen molar-refractivity contribution in [3.63, 3.8) is 0 Å². The monoisotopic (exact) mass is 343 g/mol. The summed E-state index contributed by atoms with van der Waals surface area (Å²) in [6, 6.07) is 0. The summed E-state index contributed by atoms with van der Waals surface area (Å²) in [6.07, 6.45) is 9.21. The molecule has 3 heteroatoms. The lowest BCUT2D eigenvalue weighted by Crippen LogP contribution is -2.72. The largest absolute Gasteiger partial charge is 0.393 e. The normalized spacial score (nSPS) is 54.0. The number of rotatable bonds is 0. The van der Waals surface area contributed by atoms with Crippen LogP contribution in [-0.2, 0) is 4.79 Å². The number of carbonyl (C=O) groups excluding carboxylic acids is 1. The average molecular weight is 344 g/mol. The molecule has 1 N–H and O–H groups in total. The zero-order chi connectivity index (χ0) is 17.6. The minimum absolute atomic E-state index is 0.0559. The van der Waals surface area contributed by atoms with E-state index < -0.39 is 0 Å². The highest BCUT2D eigenvalue weighted by Crippen LogP contribution is 2.73. The minimum Gasteiger partial charge on any atom is -0.393 e. The van der Waals surface area contributed by atoms with E-state index in [-0.39, 0.29) is 28.3 Å². The molecule has 5 aliphatic carbocycles. The van der Waals surface area contributed by atoms with E-state index in [0.717, 1.165) is 25.9 Å². The van der Waals surface area contributed by atoms with Crippen LogP contribution < -0.4 is 0 Å². The number of nitrogens with zero attached hydrogens (tertiary/aromatic N) is 1. The molecule has 6 aliphatic rings. The Morgan fingerprint density at radius 3 is 2.68 bits per heavy atom. The molecule has 0 aromatic heterocycles. The molecular formula is C22H33NO2. The number of amides is 1. The lowest BCUT2D eigenvalue weighted by atomic mass is 9.35. The summed E-state index contributed by atoms with van der Waals surface area (Å²) in [4.78, 5) is 14.5. The van der Waals surface area contributed by atoms with Gasteiger partial charge in [-0.3, -0.25) is 4.79 Å². The van der Waals surface area contributed by atoms with Gasteiger partial charge in [0.05, 0.1) is 6.10 Å². The predicted octanol–water partition coefficient (Wildman–Crippen LogP) is 3.77. The quantitative estimate of drug-likeness (QED) is 0.680. The van der Waals surface area contributed by atoms with E-state index >= 15 is 0 Å². The van der Waals surface area contributed by atoms with Gasteiger partial charge in [-0.05, 0) is 73.5 Å². The fourth-order valence-corrected chi connectivity index (χ4v) is 8.54. The standard InChI is InChI=1S/C22H33NO2/c1-14-11-21-8-5-16(14)9-18(21)22-7-4-6-20(3,17(22)10-19(21)25)12-23(13-22)15(2)24/h16-19,25H,1,4-13H2,2-3H3/t16?,17-,18?,19+,20?,21-,22?/m1/s1. The molecule has 4 unspecified atom stereocenters. The van der Waals surface area contributed by atoms with E-state index in [9.17, 15) is 9.90 Å². The molecule has 7 atom stereocenters. The second kappa shape index (κ2) is 4.91. The molecule has 5 saturated carbocycles. The Labute approximate surface area is 151 Å². The van der Waals surface area contributed by atoms with Crippen LogP contribution in [0.4, 0.5) is 0 Å². The fourth-order valence-electron chi connectivity index (χ4n) is 8.54. The molecule has 3 nitrogen and oxygen atoms in total. The van der Waals surface area contributed by atoms with Gasteiger partial charge in [0.2, 0.25) is 5.91 Å². The van der Waals surface area contributed by atoms with Crippen LogP contribution in [0.5, 0.6) is 0 Å². The number of hydrogen-bond donors (Lipinski definition) is 1. The zero-order valence-electron chi connectivity index (χ0n) is 15.9. The number of hydrogen-bond acceptors (Lipinski definition) is 2. The van der Waals surface area contributed by atoms with Crippen LogP contribution in [0.25, 0.3) is 0 Å². The molecule has 1 spiro atoms. The van der Waals surface area contributed by atoms with Crippen molar-refractivity contribution in [2.24, 2.45) is 34.0 Å². The van der Waals surface area contributed by atoms with Crippen LogP contribution in [0.1, 0.15) is 65.2 Å². The number of aliphatic hydroxyl groups is 1. The van der Waals surface area contributed by atoms with E-state index in [1.807, 2.05) is 0 Å². The van der Waals surface area contributed by atoms with Crippen molar-refractivity contribution in [2.45, 2.75) is 71.3 Å². The molecule has 4 bridgehead atoms. The molecular weight excluding hydrogens is 310 g/mol. The van der Waals surface area contributed by atoms with Crippen molar-refractivity contribution in [3.05, 3.63) is 12.2 Å². The first-order valence-electron chi connectivity index (χ1n) is 10.4. The maximum Gasteiger partial charge on any atom is 0.219 e. The van der Waals surface area contributed by atoms with Crippen molar-refractivity contribution in [2.75, 3.05) is 13.1 Å². The Balaban J connectivity index is 1.64. The second-order valence-corrected chi connectivity index (χ2v) is 10.5. The summed E-state index contributed by atoms with van der Waals surface area (Å²) in [5.41, 5.74) is 1.89. The van der Waals surface area contributed by atoms with Gasteiger partial charge in [0.1, 0.15) is 0 Å². The van der Waals surface area contributed by atoms with Crippen molar-refractivity contribution < 1.29 is 9.90 Å². The van der Waals surface area contributed by atoms with Crippen LogP contribution in [0.15, 0.2) is 12.2 Å². The summed E-state index contributed by atoms with van der Waals surface area (Å²) in [6.45, 7) is 10.4. The van der Waals surface area contributed by atoms with Crippen LogP contribution >= 0.6 is 0 Å². The molecule has 0 aromatic carbocycles. The molecule has 1 heterocycles. The van der Waals surface area contributed by atoms with Crippen LogP contribution in [0.2, 0.25) is 0 Å². The number of aliphatic hydroxyl groups excluding tert-OH is 1. The molecule has 0 radical (unpaired) electrons. The van der Waals surface area contributed by atoms with Gasteiger partial charge in [-0.1, -0.05) is 25.5 Å². The molecule has 25 heavy (non-hydrogen) atoms. The molecule has 1 aliphatic heterocycles. The summed E-state index contributed by atoms with van der Waals surface area (Å²) in [7, 11) is 0. The number of fused-ring (bicyclic) bond motifs is 2. The van der Waals surface area contributed by atoms with Crippen molar-refractivity contribution in [1.82, 2.24) is 4.90 Å².